The lowest BCUT2D eigenvalue weighted by molar-refractivity contribution is 0.0963. The van der Waals surface area contributed by atoms with Crippen LogP contribution >= 0.6 is 11.6 Å². The summed E-state index contributed by atoms with van der Waals surface area (Å²) in [5.74, 6) is -0.142. The topological polar surface area (TPSA) is 69.8 Å². The van der Waals surface area contributed by atoms with Crippen molar-refractivity contribution in [2.45, 2.75) is 6.54 Å². The van der Waals surface area contributed by atoms with Gasteiger partial charge in [-0.2, -0.15) is 0 Å². The molecule has 0 saturated carbocycles. The van der Waals surface area contributed by atoms with Crippen molar-refractivity contribution < 1.29 is 4.79 Å². The van der Waals surface area contributed by atoms with E-state index in [-0.39, 0.29) is 5.91 Å². The molecule has 0 bridgehead atoms. The van der Waals surface area contributed by atoms with E-state index in [1.54, 1.807) is 37.8 Å². The van der Waals surface area contributed by atoms with E-state index in [4.69, 9.17) is 11.6 Å². The Labute approximate surface area is 110 Å². The van der Waals surface area contributed by atoms with Crippen LogP contribution in [0.2, 0.25) is 5.02 Å². The SMILES string of the molecule is CNC(=O)c1ccc(Cl)c(NCc2cnc[nH]2)c1. The van der Waals surface area contributed by atoms with Crippen LogP contribution in [0.25, 0.3) is 0 Å². The van der Waals surface area contributed by atoms with Gasteiger partial charge in [-0.15, -0.1) is 0 Å². The number of imidazole rings is 1. The summed E-state index contributed by atoms with van der Waals surface area (Å²) in [4.78, 5) is 18.4. The third kappa shape index (κ3) is 2.81. The summed E-state index contributed by atoms with van der Waals surface area (Å²) >= 11 is 6.06. The van der Waals surface area contributed by atoms with Gasteiger partial charge in [0, 0.05) is 18.8 Å². The van der Waals surface area contributed by atoms with Gasteiger partial charge in [-0.3, -0.25) is 4.79 Å². The van der Waals surface area contributed by atoms with Crippen molar-refractivity contribution in [2.75, 3.05) is 12.4 Å². The number of H-pyrrole nitrogens is 1. The highest BCUT2D eigenvalue weighted by atomic mass is 35.5. The maximum absolute atomic E-state index is 11.5. The van der Waals surface area contributed by atoms with Gasteiger partial charge in [0.15, 0.2) is 0 Å². The molecule has 0 fully saturated rings. The van der Waals surface area contributed by atoms with Crippen LogP contribution < -0.4 is 10.6 Å². The molecule has 5 nitrogen and oxygen atoms in total. The van der Waals surface area contributed by atoms with E-state index in [2.05, 4.69) is 20.6 Å². The Morgan fingerprint density at radius 2 is 2.33 bits per heavy atom. The van der Waals surface area contributed by atoms with Gasteiger partial charge in [-0.1, -0.05) is 11.6 Å². The number of nitrogens with zero attached hydrogens (tertiary/aromatic N) is 1. The number of nitrogens with one attached hydrogen (secondary N) is 3. The number of hydrogen-bond donors (Lipinski definition) is 3. The van der Waals surface area contributed by atoms with E-state index in [0.717, 1.165) is 5.69 Å². The molecule has 3 N–H and O–H groups in total. The van der Waals surface area contributed by atoms with Crippen LogP contribution in [0.3, 0.4) is 0 Å². The lowest BCUT2D eigenvalue weighted by atomic mass is 10.2. The molecule has 0 spiro atoms. The number of carbonyl (C=O) groups is 1. The molecule has 1 aromatic carbocycles. The van der Waals surface area contributed by atoms with Gasteiger partial charge >= 0.3 is 0 Å². The number of hydrogen-bond acceptors (Lipinski definition) is 3. The Hall–Kier alpha value is -2.01. The number of aromatic nitrogens is 2. The molecule has 0 unspecified atom stereocenters. The highest BCUT2D eigenvalue weighted by molar-refractivity contribution is 6.33. The minimum atomic E-state index is -0.142. The number of amides is 1. The molecule has 0 aliphatic heterocycles. The van der Waals surface area contributed by atoms with Gasteiger partial charge in [-0.05, 0) is 18.2 Å². The van der Waals surface area contributed by atoms with Crippen LogP contribution in [0.15, 0.2) is 30.7 Å². The average molecular weight is 265 g/mol. The van der Waals surface area contributed by atoms with Crippen molar-refractivity contribution in [3.05, 3.63) is 47.0 Å². The molecule has 2 aromatic rings. The lowest BCUT2D eigenvalue weighted by Crippen LogP contribution is -2.17. The summed E-state index contributed by atoms with van der Waals surface area (Å²) in [5.41, 5.74) is 2.22. The van der Waals surface area contributed by atoms with E-state index in [1.165, 1.54) is 0 Å². The molecule has 18 heavy (non-hydrogen) atoms. The van der Waals surface area contributed by atoms with Crippen molar-refractivity contribution in [3.8, 4) is 0 Å². The highest BCUT2D eigenvalue weighted by Gasteiger charge is 2.07. The van der Waals surface area contributed by atoms with Crippen LogP contribution in [-0.2, 0) is 6.54 Å². The molecule has 94 valence electrons. The monoisotopic (exact) mass is 264 g/mol. The Bertz CT molecular complexity index is 539. The normalized spacial score (nSPS) is 10.1. The highest BCUT2D eigenvalue weighted by Crippen LogP contribution is 2.23. The van der Waals surface area contributed by atoms with Crippen molar-refractivity contribution in [1.29, 1.82) is 0 Å². The molecular formula is C12H13ClN4O. The Balaban J connectivity index is 2.13. The lowest BCUT2D eigenvalue weighted by Gasteiger charge is -2.09. The summed E-state index contributed by atoms with van der Waals surface area (Å²) in [6.45, 7) is 0.566. The minimum Gasteiger partial charge on any atom is -0.378 e. The van der Waals surface area contributed by atoms with Crippen LogP contribution in [0, 0.1) is 0 Å². The zero-order chi connectivity index (χ0) is 13.0. The predicted molar refractivity (Wildman–Crippen MR) is 70.8 cm³/mol. The average Bonchev–Trinajstić information content (AvgIpc) is 2.90. The fourth-order valence-electron chi connectivity index (χ4n) is 1.52. The largest absolute Gasteiger partial charge is 0.378 e. The number of benzene rings is 1. The number of halogens is 1. The molecule has 0 radical (unpaired) electrons. The minimum absolute atomic E-state index is 0.142. The van der Waals surface area contributed by atoms with Crippen LogP contribution in [-0.4, -0.2) is 22.9 Å². The summed E-state index contributed by atoms with van der Waals surface area (Å²) in [6, 6.07) is 5.10. The maximum atomic E-state index is 11.5. The van der Waals surface area contributed by atoms with Gasteiger partial charge in [0.2, 0.25) is 0 Å². The molecular weight excluding hydrogens is 252 g/mol. The predicted octanol–water partition coefficient (Wildman–Crippen LogP) is 2.03. The van der Waals surface area contributed by atoms with Gasteiger partial charge in [0.25, 0.3) is 5.91 Å². The van der Waals surface area contributed by atoms with E-state index < -0.39 is 0 Å². The van der Waals surface area contributed by atoms with Gasteiger partial charge in [0.1, 0.15) is 0 Å². The van der Waals surface area contributed by atoms with Crippen molar-refractivity contribution in [2.24, 2.45) is 0 Å². The van der Waals surface area contributed by atoms with E-state index in [1.807, 2.05) is 0 Å². The first kappa shape index (κ1) is 12.4. The fraction of sp³-hybridized carbons (Fsp3) is 0.167. The summed E-state index contributed by atoms with van der Waals surface area (Å²) in [7, 11) is 1.59. The second-order valence-electron chi connectivity index (χ2n) is 3.70. The first-order valence-electron chi connectivity index (χ1n) is 5.43. The molecule has 0 aliphatic carbocycles. The van der Waals surface area contributed by atoms with Crippen molar-refractivity contribution in [1.82, 2.24) is 15.3 Å². The maximum Gasteiger partial charge on any atom is 0.251 e. The quantitative estimate of drug-likeness (QED) is 0.791. The summed E-state index contributed by atoms with van der Waals surface area (Å²) in [5, 5.41) is 6.29. The first-order chi connectivity index (χ1) is 8.70. The summed E-state index contributed by atoms with van der Waals surface area (Å²) < 4.78 is 0. The molecule has 1 heterocycles. The van der Waals surface area contributed by atoms with Gasteiger partial charge < -0.3 is 15.6 Å². The van der Waals surface area contributed by atoms with Gasteiger partial charge in [0.05, 0.1) is 29.3 Å². The third-order valence-electron chi connectivity index (χ3n) is 2.48. The Kier molecular flexibility index (Phi) is 3.84. The van der Waals surface area contributed by atoms with Crippen LogP contribution in [0.1, 0.15) is 16.1 Å². The Morgan fingerprint density at radius 1 is 1.50 bits per heavy atom. The zero-order valence-electron chi connectivity index (χ0n) is 9.83. The van der Waals surface area contributed by atoms with Crippen LogP contribution in [0.5, 0.6) is 0 Å². The smallest absolute Gasteiger partial charge is 0.251 e. The van der Waals surface area contributed by atoms with Crippen molar-refractivity contribution >= 4 is 23.2 Å². The molecule has 1 amide bonds. The second-order valence-corrected chi connectivity index (χ2v) is 4.11. The number of anilines is 1. The van der Waals surface area contributed by atoms with E-state index in [0.29, 0.717) is 22.8 Å². The standard InChI is InChI=1S/C12H13ClN4O/c1-14-12(18)8-2-3-10(13)11(4-8)16-6-9-5-15-7-17-9/h2-5,7,16H,6H2,1H3,(H,14,18)(H,15,17). The van der Waals surface area contributed by atoms with Crippen LogP contribution in [0.4, 0.5) is 5.69 Å². The number of rotatable bonds is 4. The molecule has 1 aromatic heterocycles. The molecule has 0 atom stereocenters. The Morgan fingerprint density at radius 3 is 3.00 bits per heavy atom. The first-order valence-corrected chi connectivity index (χ1v) is 5.81. The molecule has 2 rings (SSSR count). The van der Waals surface area contributed by atoms with Gasteiger partial charge in [-0.25, -0.2) is 4.98 Å². The van der Waals surface area contributed by atoms with E-state index >= 15 is 0 Å². The molecule has 0 saturated heterocycles. The molecule has 6 heteroatoms. The summed E-state index contributed by atoms with van der Waals surface area (Å²) in [6.07, 6.45) is 3.34. The second kappa shape index (κ2) is 5.55. The zero-order valence-corrected chi connectivity index (χ0v) is 10.6. The number of aromatic amines is 1. The molecule has 0 aliphatic rings. The van der Waals surface area contributed by atoms with E-state index in [9.17, 15) is 4.79 Å². The fourth-order valence-corrected chi connectivity index (χ4v) is 1.70. The van der Waals surface area contributed by atoms with Crippen molar-refractivity contribution in [3.63, 3.8) is 0 Å². The third-order valence-corrected chi connectivity index (χ3v) is 2.81. The number of carbonyl (C=O) groups excluding carboxylic acids is 1.